The van der Waals surface area contributed by atoms with Crippen molar-refractivity contribution in [2.75, 3.05) is 7.11 Å². The topological polar surface area (TPSA) is 85.2 Å². The Bertz CT molecular complexity index is 582. The van der Waals surface area contributed by atoms with Crippen molar-refractivity contribution in [2.24, 2.45) is 0 Å². The van der Waals surface area contributed by atoms with Gasteiger partial charge in [0.05, 0.1) is 24.7 Å². The summed E-state index contributed by atoms with van der Waals surface area (Å²) in [7, 11) is 0.554. The molecule has 1 fully saturated rings. The van der Waals surface area contributed by atoms with Crippen LogP contribution < -0.4 is 0 Å². The first-order valence-corrected chi connectivity index (χ1v) is 7.52. The van der Waals surface area contributed by atoms with Crippen molar-refractivity contribution < 1.29 is 29.1 Å². The molecular formula is C16H23BO6. The van der Waals surface area contributed by atoms with Crippen LogP contribution in [0.25, 0.3) is 0 Å². The van der Waals surface area contributed by atoms with Crippen molar-refractivity contribution in [3.05, 3.63) is 23.8 Å². The van der Waals surface area contributed by atoms with Gasteiger partial charge < -0.3 is 24.3 Å². The summed E-state index contributed by atoms with van der Waals surface area (Å²) in [6.07, 6.45) is -0.0374. The van der Waals surface area contributed by atoms with Crippen LogP contribution in [0.1, 0.15) is 45.5 Å². The van der Waals surface area contributed by atoms with Crippen molar-refractivity contribution >= 4 is 13.1 Å². The van der Waals surface area contributed by atoms with Gasteiger partial charge in [0, 0.05) is 5.82 Å². The Labute approximate surface area is 136 Å². The second-order valence-electron chi connectivity index (χ2n) is 6.73. The van der Waals surface area contributed by atoms with Crippen LogP contribution >= 0.6 is 0 Å². The lowest BCUT2D eigenvalue weighted by molar-refractivity contribution is -0.140. The van der Waals surface area contributed by atoms with Crippen LogP contribution in [-0.4, -0.2) is 41.6 Å². The van der Waals surface area contributed by atoms with Gasteiger partial charge in [-0.05, 0) is 39.3 Å². The Hall–Kier alpha value is -1.73. The fraction of sp³-hybridized carbons (Fsp3) is 0.562. The number of para-hydroxylation sites is 1. The SMILES string of the molecule is COC(=O)CC(B1OC(C)(C)C(C)(C)O1)c1cccc(O)c1O. The van der Waals surface area contributed by atoms with Crippen molar-refractivity contribution in [3.63, 3.8) is 0 Å². The normalized spacial score (nSPS) is 20.3. The first kappa shape index (κ1) is 17.6. The number of methoxy groups -OCH3 is 1. The number of phenolic OH excluding ortho intramolecular Hbond substituents is 2. The number of benzene rings is 1. The first-order chi connectivity index (χ1) is 10.6. The zero-order valence-corrected chi connectivity index (χ0v) is 14.1. The van der Waals surface area contributed by atoms with Gasteiger partial charge in [0.1, 0.15) is 0 Å². The van der Waals surface area contributed by atoms with E-state index in [0.29, 0.717) is 5.56 Å². The molecule has 2 rings (SSSR count). The molecule has 1 unspecified atom stereocenters. The molecule has 0 aromatic heterocycles. The van der Waals surface area contributed by atoms with Gasteiger partial charge in [-0.25, -0.2) is 0 Å². The predicted octanol–water partition coefficient (Wildman–Crippen LogP) is 2.38. The fourth-order valence-corrected chi connectivity index (χ4v) is 2.52. The Balaban J connectivity index is 2.40. The number of hydrogen-bond donors (Lipinski definition) is 2. The Morgan fingerprint density at radius 2 is 1.78 bits per heavy atom. The Kier molecular flexibility index (Phi) is 4.64. The van der Waals surface area contributed by atoms with E-state index in [4.69, 9.17) is 14.0 Å². The molecule has 0 spiro atoms. The van der Waals surface area contributed by atoms with Gasteiger partial charge in [0.2, 0.25) is 0 Å². The number of ether oxygens (including phenoxy) is 1. The predicted molar refractivity (Wildman–Crippen MR) is 85.2 cm³/mol. The molecule has 0 radical (unpaired) electrons. The summed E-state index contributed by atoms with van der Waals surface area (Å²) < 4.78 is 16.7. The van der Waals surface area contributed by atoms with E-state index < -0.39 is 30.1 Å². The number of esters is 1. The number of hydrogen-bond acceptors (Lipinski definition) is 6. The van der Waals surface area contributed by atoms with Crippen LogP contribution in [0.15, 0.2) is 18.2 Å². The second kappa shape index (κ2) is 6.05. The number of rotatable bonds is 4. The molecule has 1 aliphatic heterocycles. The van der Waals surface area contributed by atoms with Gasteiger partial charge in [-0.15, -0.1) is 0 Å². The lowest BCUT2D eigenvalue weighted by atomic mass is 9.66. The van der Waals surface area contributed by atoms with Crippen LogP contribution in [0.5, 0.6) is 11.5 Å². The Morgan fingerprint density at radius 3 is 2.30 bits per heavy atom. The number of carbonyl (C=O) groups is 1. The van der Waals surface area contributed by atoms with Gasteiger partial charge in [-0.3, -0.25) is 4.79 Å². The highest BCUT2D eigenvalue weighted by atomic mass is 16.7. The van der Waals surface area contributed by atoms with Crippen molar-refractivity contribution in [1.82, 2.24) is 0 Å². The highest BCUT2D eigenvalue weighted by Crippen LogP contribution is 2.44. The molecule has 7 heteroatoms. The molecule has 1 heterocycles. The highest BCUT2D eigenvalue weighted by molar-refractivity contribution is 6.48. The second-order valence-corrected chi connectivity index (χ2v) is 6.73. The molecule has 0 saturated carbocycles. The molecule has 1 aliphatic rings. The summed E-state index contributed by atoms with van der Waals surface area (Å²) in [4.78, 5) is 11.8. The maximum Gasteiger partial charge on any atom is 0.466 e. The third kappa shape index (κ3) is 3.30. The molecule has 126 valence electrons. The average molecular weight is 322 g/mol. The average Bonchev–Trinajstić information content (AvgIpc) is 2.67. The van der Waals surface area contributed by atoms with Gasteiger partial charge >= 0.3 is 13.1 Å². The van der Waals surface area contributed by atoms with E-state index in [1.807, 2.05) is 27.7 Å². The minimum Gasteiger partial charge on any atom is -0.504 e. The minimum atomic E-state index is -0.744. The minimum absolute atomic E-state index is 0.0374. The molecule has 1 saturated heterocycles. The summed E-state index contributed by atoms with van der Waals surface area (Å²) in [5.74, 6) is -1.59. The quantitative estimate of drug-likeness (QED) is 0.503. The lowest BCUT2D eigenvalue weighted by Crippen LogP contribution is -2.41. The first-order valence-electron chi connectivity index (χ1n) is 7.52. The largest absolute Gasteiger partial charge is 0.504 e. The van der Waals surface area contributed by atoms with Crippen LogP contribution in [0.3, 0.4) is 0 Å². The lowest BCUT2D eigenvalue weighted by Gasteiger charge is -2.32. The van der Waals surface area contributed by atoms with Crippen molar-refractivity contribution in [1.29, 1.82) is 0 Å². The fourth-order valence-electron chi connectivity index (χ4n) is 2.52. The van der Waals surface area contributed by atoms with Crippen LogP contribution in [0.2, 0.25) is 0 Å². The smallest absolute Gasteiger partial charge is 0.466 e. The van der Waals surface area contributed by atoms with E-state index in [1.165, 1.54) is 13.2 Å². The molecular weight excluding hydrogens is 299 g/mol. The Morgan fingerprint density at radius 1 is 1.22 bits per heavy atom. The zero-order chi connectivity index (χ0) is 17.4. The zero-order valence-electron chi connectivity index (χ0n) is 14.1. The standard InChI is InChI=1S/C16H23BO6/c1-15(2)16(3,4)23-17(22-15)11(9-13(19)21-5)10-7-6-8-12(18)14(10)20/h6-8,11,18,20H,9H2,1-5H3. The van der Waals surface area contributed by atoms with E-state index in [2.05, 4.69) is 0 Å². The maximum atomic E-state index is 11.8. The molecule has 1 atom stereocenters. The molecule has 0 amide bonds. The van der Waals surface area contributed by atoms with Crippen LogP contribution in [0.4, 0.5) is 0 Å². The summed E-state index contributed by atoms with van der Waals surface area (Å²) in [5, 5.41) is 19.9. The van der Waals surface area contributed by atoms with Crippen molar-refractivity contribution in [2.45, 2.75) is 51.1 Å². The van der Waals surface area contributed by atoms with Crippen LogP contribution in [0, 0.1) is 0 Å². The number of carbonyl (C=O) groups excluding carboxylic acids is 1. The number of aromatic hydroxyl groups is 2. The third-order valence-corrected chi connectivity index (χ3v) is 4.66. The highest BCUT2D eigenvalue weighted by Gasteiger charge is 2.54. The van der Waals surface area contributed by atoms with E-state index in [1.54, 1.807) is 12.1 Å². The summed E-state index contributed by atoms with van der Waals surface area (Å²) >= 11 is 0. The van der Waals surface area contributed by atoms with Gasteiger partial charge in [0.15, 0.2) is 11.5 Å². The van der Waals surface area contributed by atoms with Crippen LogP contribution in [-0.2, 0) is 18.8 Å². The summed E-state index contributed by atoms with van der Waals surface area (Å²) in [6, 6.07) is 4.60. The van der Waals surface area contributed by atoms with Crippen molar-refractivity contribution in [3.8, 4) is 11.5 Å². The molecule has 0 bridgehead atoms. The third-order valence-electron chi connectivity index (χ3n) is 4.66. The molecule has 6 nitrogen and oxygen atoms in total. The maximum absolute atomic E-state index is 11.8. The van der Waals surface area contributed by atoms with Gasteiger partial charge in [0.25, 0.3) is 0 Å². The van der Waals surface area contributed by atoms with Gasteiger partial charge in [-0.2, -0.15) is 0 Å². The number of phenols is 2. The van der Waals surface area contributed by atoms with E-state index in [9.17, 15) is 15.0 Å². The van der Waals surface area contributed by atoms with Gasteiger partial charge in [-0.1, -0.05) is 12.1 Å². The molecule has 23 heavy (non-hydrogen) atoms. The summed E-state index contributed by atoms with van der Waals surface area (Å²) in [5.41, 5.74) is -0.759. The van der Waals surface area contributed by atoms with E-state index in [-0.39, 0.29) is 17.9 Å². The van der Waals surface area contributed by atoms with E-state index in [0.717, 1.165) is 0 Å². The monoisotopic (exact) mass is 322 g/mol. The molecule has 0 aliphatic carbocycles. The molecule has 1 aromatic rings. The summed E-state index contributed by atoms with van der Waals surface area (Å²) in [6.45, 7) is 7.63. The molecule has 2 N–H and O–H groups in total. The molecule has 1 aromatic carbocycles. The van der Waals surface area contributed by atoms with E-state index >= 15 is 0 Å².